The van der Waals surface area contributed by atoms with Crippen molar-refractivity contribution in [2.45, 2.75) is 46.6 Å². The highest BCUT2D eigenvalue weighted by atomic mass is 16.4. The first kappa shape index (κ1) is 15.6. The molecule has 0 fully saturated rings. The summed E-state index contributed by atoms with van der Waals surface area (Å²) in [6, 6.07) is -0.987. The van der Waals surface area contributed by atoms with Crippen molar-refractivity contribution in [3.8, 4) is 0 Å². The summed E-state index contributed by atoms with van der Waals surface area (Å²) in [5.74, 6) is -2.25. The van der Waals surface area contributed by atoms with E-state index in [4.69, 9.17) is 5.11 Å². The van der Waals surface area contributed by atoms with Crippen molar-refractivity contribution < 1.29 is 19.5 Å². The van der Waals surface area contributed by atoms with Gasteiger partial charge in [0.1, 0.15) is 6.04 Å². The molecule has 0 radical (unpaired) electrons. The molecule has 0 aromatic carbocycles. The fraction of sp³-hybridized carbons (Fsp3) is 0.750. The molecule has 98 valence electrons. The molecule has 0 aliphatic rings. The Bertz CT molecular complexity index is 297. The topological polar surface area (TPSA) is 83.5 Å². The van der Waals surface area contributed by atoms with Gasteiger partial charge in [0, 0.05) is 6.42 Å². The van der Waals surface area contributed by atoms with Crippen LogP contribution >= 0.6 is 0 Å². The molecule has 17 heavy (non-hydrogen) atoms. The molecule has 1 atom stereocenters. The van der Waals surface area contributed by atoms with E-state index in [2.05, 4.69) is 5.32 Å². The summed E-state index contributed by atoms with van der Waals surface area (Å²) in [5.41, 5.74) is 0. The Morgan fingerprint density at radius 1 is 1.06 bits per heavy atom. The van der Waals surface area contributed by atoms with Crippen molar-refractivity contribution >= 4 is 17.7 Å². The molecule has 0 saturated heterocycles. The minimum Gasteiger partial charge on any atom is -0.480 e. The number of hydrogen-bond acceptors (Lipinski definition) is 3. The lowest BCUT2D eigenvalue weighted by Crippen LogP contribution is -2.44. The van der Waals surface area contributed by atoms with Gasteiger partial charge in [-0.05, 0) is 18.3 Å². The normalized spacial score (nSPS) is 12.6. The number of amides is 1. The number of carbonyl (C=O) groups is 3. The summed E-state index contributed by atoms with van der Waals surface area (Å²) < 4.78 is 0. The summed E-state index contributed by atoms with van der Waals surface area (Å²) in [6.07, 6.45) is 0.454. The predicted molar refractivity (Wildman–Crippen MR) is 63.5 cm³/mol. The second-order valence-electron chi connectivity index (χ2n) is 5.01. The SMILES string of the molecule is CC(C)CC(=O)C(=O)N[C@@H](CC(C)C)C(=O)O. The average Bonchev–Trinajstić information content (AvgIpc) is 2.14. The van der Waals surface area contributed by atoms with E-state index in [1.165, 1.54) is 0 Å². The number of ketones is 1. The summed E-state index contributed by atoms with van der Waals surface area (Å²) in [5, 5.41) is 11.2. The maximum absolute atomic E-state index is 11.5. The first-order valence-corrected chi connectivity index (χ1v) is 5.80. The molecule has 5 nitrogen and oxygen atoms in total. The first-order valence-electron chi connectivity index (χ1n) is 5.80. The third kappa shape index (κ3) is 6.71. The van der Waals surface area contributed by atoms with Gasteiger partial charge in [0.05, 0.1) is 0 Å². The summed E-state index contributed by atoms with van der Waals surface area (Å²) in [6.45, 7) is 7.37. The smallest absolute Gasteiger partial charge is 0.326 e. The highest BCUT2D eigenvalue weighted by Gasteiger charge is 2.24. The number of carboxylic acid groups (broad SMARTS) is 1. The van der Waals surface area contributed by atoms with Crippen LogP contribution in [-0.4, -0.2) is 28.8 Å². The summed E-state index contributed by atoms with van der Waals surface area (Å²) >= 11 is 0. The van der Waals surface area contributed by atoms with Crippen LogP contribution in [0.25, 0.3) is 0 Å². The molecule has 0 bridgehead atoms. The van der Waals surface area contributed by atoms with E-state index in [0.29, 0.717) is 6.42 Å². The largest absolute Gasteiger partial charge is 0.480 e. The molecule has 0 saturated carbocycles. The van der Waals surface area contributed by atoms with Crippen LogP contribution in [0.15, 0.2) is 0 Å². The Hall–Kier alpha value is -1.39. The monoisotopic (exact) mass is 243 g/mol. The Labute approximate surface area is 102 Å². The number of hydrogen-bond donors (Lipinski definition) is 2. The van der Waals surface area contributed by atoms with Crippen molar-refractivity contribution in [1.29, 1.82) is 0 Å². The van der Waals surface area contributed by atoms with Crippen LogP contribution in [-0.2, 0) is 14.4 Å². The molecule has 0 aliphatic carbocycles. The zero-order valence-electron chi connectivity index (χ0n) is 10.8. The van der Waals surface area contributed by atoms with Gasteiger partial charge in [-0.2, -0.15) is 0 Å². The maximum Gasteiger partial charge on any atom is 0.326 e. The van der Waals surface area contributed by atoms with Gasteiger partial charge in [-0.3, -0.25) is 9.59 Å². The second-order valence-corrected chi connectivity index (χ2v) is 5.01. The number of rotatable bonds is 7. The highest BCUT2D eigenvalue weighted by Crippen LogP contribution is 2.06. The van der Waals surface area contributed by atoms with Crippen LogP contribution in [0, 0.1) is 11.8 Å². The predicted octanol–water partition coefficient (Wildman–Crippen LogP) is 1.22. The van der Waals surface area contributed by atoms with Crippen LogP contribution in [0.2, 0.25) is 0 Å². The molecule has 0 aromatic heterocycles. The quantitative estimate of drug-likeness (QED) is 0.658. The lowest BCUT2D eigenvalue weighted by Gasteiger charge is -2.16. The number of carboxylic acids is 1. The molecule has 0 aromatic rings. The minimum absolute atomic E-state index is 0.0848. The lowest BCUT2D eigenvalue weighted by atomic mass is 10.0. The van der Waals surface area contributed by atoms with Gasteiger partial charge in [0.25, 0.3) is 5.91 Å². The van der Waals surface area contributed by atoms with E-state index < -0.39 is 23.7 Å². The fourth-order valence-corrected chi connectivity index (χ4v) is 1.40. The molecular weight excluding hydrogens is 222 g/mol. The second kappa shape index (κ2) is 7.04. The molecule has 0 aliphatic heterocycles. The molecule has 1 amide bonds. The zero-order valence-corrected chi connectivity index (χ0v) is 10.8. The molecule has 0 rings (SSSR count). The maximum atomic E-state index is 11.5. The third-order valence-corrected chi connectivity index (χ3v) is 2.16. The summed E-state index contributed by atoms with van der Waals surface area (Å²) in [7, 11) is 0. The molecule has 0 unspecified atom stereocenters. The van der Waals surface area contributed by atoms with Gasteiger partial charge in [-0.15, -0.1) is 0 Å². The van der Waals surface area contributed by atoms with Crippen molar-refractivity contribution in [3.63, 3.8) is 0 Å². The van der Waals surface area contributed by atoms with E-state index >= 15 is 0 Å². The van der Waals surface area contributed by atoms with Crippen LogP contribution in [0.5, 0.6) is 0 Å². The van der Waals surface area contributed by atoms with Crippen molar-refractivity contribution in [3.05, 3.63) is 0 Å². The molecule has 5 heteroatoms. The van der Waals surface area contributed by atoms with E-state index in [9.17, 15) is 14.4 Å². The Balaban J connectivity index is 4.40. The average molecular weight is 243 g/mol. The Morgan fingerprint density at radius 3 is 1.94 bits per heavy atom. The Morgan fingerprint density at radius 2 is 1.59 bits per heavy atom. The molecular formula is C12H21NO4. The van der Waals surface area contributed by atoms with E-state index in [0.717, 1.165) is 0 Å². The fourth-order valence-electron chi connectivity index (χ4n) is 1.40. The molecule has 0 heterocycles. The van der Waals surface area contributed by atoms with Gasteiger partial charge in [0.15, 0.2) is 0 Å². The zero-order chi connectivity index (χ0) is 13.6. The van der Waals surface area contributed by atoms with Crippen LogP contribution in [0.1, 0.15) is 40.5 Å². The van der Waals surface area contributed by atoms with Crippen LogP contribution in [0.3, 0.4) is 0 Å². The Kier molecular flexibility index (Phi) is 6.46. The highest BCUT2D eigenvalue weighted by molar-refractivity contribution is 6.36. The van der Waals surface area contributed by atoms with E-state index in [1.54, 1.807) is 0 Å². The van der Waals surface area contributed by atoms with Crippen molar-refractivity contribution in [2.75, 3.05) is 0 Å². The molecule has 2 N–H and O–H groups in total. The number of carbonyl (C=O) groups excluding carboxylic acids is 2. The van der Waals surface area contributed by atoms with Crippen LogP contribution < -0.4 is 5.32 Å². The lowest BCUT2D eigenvalue weighted by molar-refractivity contribution is -0.144. The number of Topliss-reactive ketones (excluding diaryl/α,β-unsaturated/α-hetero) is 1. The van der Waals surface area contributed by atoms with Crippen molar-refractivity contribution in [2.24, 2.45) is 11.8 Å². The van der Waals surface area contributed by atoms with Gasteiger partial charge < -0.3 is 10.4 Å². The first-order chi connectivity index (χ1) is 7.73. The van der Waals surface area contributed by atoms with E-state index in [1.807, 2.05) is 27.7 Å². The van der Waals surface area contributed by atoms with Gasteiger partial charge in [0.2, 0.25) is 5.78 Å². The van der Waals surface area contributed by atoms with Gasteiger partial charge in [-0.1, -0.05) is 27.7 Å². The van der Waals surface area contributed by atoms with Gasteiger partial charge in [-0.25, -0.2) is 4.79 Å². The van der Waals surface area contributed by atoms with Crippen LogP contribution in [0.4, 0.5) is 0 Å². The number of nitrogens with one attached hydrogen (secondary N) is 1. The van der Waals surface area contributed by atoms with Crippen molar-refractivity contribution in [1.82, 2.24) is 5.32 Å². The van der Waals surface area contributed by atoms with E-state index in [-0.39, 0.29) is 18.3 Å². The third-order valence-electron chi connectivity index (χ3n) is 2.16. The summed E-state index contributed by atoms with van der Waals surface area (Å²) in [4.78, 5) is 33.7. The molecule has 0 spiro atoms. The van der Waals surface area contributed by atoms with Gasteiger partial charge >= 0.3 is 5.97 Å². The number of aliphatic carboxylic acids is 1. The standard InChI is InChI=1S/C12H21NO4/c1-7(2)5-9(12(16)17)13-11(15)10(14)6-8(3)4/h7-9H,5-6H2,1-4H3,(H,13,15)(H,16,17)/t9-/m0/s1. The minimum atomic E-state index is -1.11.